The lowest BCUT2D eigenvalue weighted by atomic mass is 10.1. The number of para-hydroxylation sites is 2. The fraction of sp³-hybridized carbons (Fsp3) is 0.0714. The number of carbonyl (C=O) groups is 1. The van der Waals surface area contributed by atoms with Crippen molar-refractivity contribution in [1.29, 1.82) is 0 Å². The van der Waals surface area contributed by atoms with Gasteiger partial charge in [0.2, 0.25) is 0 Å². The number of hydrogen-bond acceptors (Lipinski definition) is 3. The fourth-order valence-electron chi connectivity index (χ4n) is 4.47. The number of nitrogens with one attached hydrogen (secondary N) is 2. The Bertz CT molecular complexity index is 1480. The van der Waals surface area contributed by atoms with E-state index in [0.29, 0.717) is 17.1 Å². The molecular weight excluding hydrogens is 444 g/mol. The average Bonchev–Trinajstić information content (AvgIpc) is 3.41. The van der Waals surface area contributed by atoms with E-state index in [9.17, 15) is 4.79 Å². The number of benzene rings is 4. The topological polar surface area (TPSA) is 61.0 Å². The molecule has 0 radical (unpaired) electrons. The van der Waals surface area contributed by atoms with Gasteiger partial charge in [0.15, 0.2) is 0 Å². The molecule has 166 valence electrons. The van der Waals surface area contributed by atoms with Crippen molar-refractivity contribution in [2.75, 3.05) is 5.32 Å². The zero-order chi connectivity index (χ0) is 23.1. The van der Waals surface area contributed by atoms with Crippen molar-refractivity contribution >= 4 is 34.2 Å². The predicted octanol–water partition coefficient (Wildman–Crippen LogP) is 6.65. The lowest BCUT2D eigenvalue weighted by molar-refractivity contribution is 0.0729. The van der Waals surface area contributed by atoms with E-state index in [1.807, 2.05) is 102 Å². The van der Waals surface area contributed by atoms with Gasteiger partial charge < -0.3 is 15.2 Å². The minimum atomic E-state index is -0.294. The Morgan fingerprint density at radius 3 is 2.44 bits per heavy atom. The molecule has 1 atom stereocenters. The highest BCUT2D eigenvalue weighted by Gasteiger charge is 2.36. The number of halogens is 1. The Labute approximate surface area is 202 Å². The number of rotatable bonds is 5. The quantitative estimate of drug-likeness (QED) is 0.306. The summed E-state index contributed by atoms with van der Waals surface area (Å²) >= 11 is 6.41. The molecule has 5 nitrogen and oxygen atoms in total. The molecule has 0 bridgehead atoms. The van der Waals surface area contributed by atoms with E-state index in [0.717, 1.165) is 39.2 Å². The number of carbonyl (C=O) groups excluding carboxylic acids is 1. The van der Waals surface area contributed by atoms with Crippen LogP contribution in [0.1, 0.15) is 27.7 Å². The first kappa shape index (κ1) is 20.5. The first-order valence-corrected chi connectivity index (χ1v) is 11.5. The molecule has 1 aliphatic heterocycles. The van der Waals surface area contributed by atoms with Gasteiger partial charge in [-0.1, -0.05) is 60.1 Å². The molecular formula is C28H21ClN4O. The summed E-state index contributed by atoms with van der Waals surface area (Å²) in [6, 6.07) is 31.5. The monoisotopic (exact) mass is 464 g/mol. The van der Waals surface area contributed by atoms with E-state index in [1.54, 1.807) is 0 Å². The Morgan fingerprint density at radius 2 is 1.62 bits per heavy atom. The summed E-state index contributed by atoms with van der Waals surface area (Å²) in [5, 5.41) is 4.21. The molecule has 1 aliphatic rings. The van der Waals surface area contributed by atoms with Crippen LogP contribution in [0.25, 0.3) is 22.4 Å². The highest BCUT2D eigenvalue weighted by atomic mass is 35.5. The molecule has 6 rings (SSSR count). The predicted molar refractivity (Wildman–Crippen MR) is 136 cm³/mol. The van der Waals surface area contributed by atoms with Crippen LogP contribution in [0.5, 0.6) is 0 Å². The molecule has 1 amide bonds. The lowest BCUT2D eigenvalue weighted by Crippen LogP contribution is -2.32. The van der Waals surface area contributed by atoms with E-state index >= 15 is 0 Å². The van der Waals surface area contributed by atoms with Crippen LogP contribution in [-0.4, -0.2) is 20.8 Å². The van der Waals surface area contributed by atoms with Crippen LogP contribution in [0.2, 0.25) is 5.02 Å². The third-order valence-electron chi connectivity index (χ3n) is 6.21. The van der Waals surface area contributed by atoms with Crippen LogP contribution in [-0.2, 0) is 6.54 Å². The van der Waals surface area contributed by atoms with E-state index in [-0.39, 0.29) is 12.1 Å². The minimum Gasteiger partial charge on any atom is -0.361 e. The van der Waals surface area contributed by atoms with Crippen LogP contribution >= 0.6 is 11.6 Å². The summed E-state index contributed by atoms with van der Waals surface area (Å²) in [4.78, 5) is 23.1. The molecule has 0 spiro atoms. The number of aromatic amines is 1. The number of anilines is 1. The van der Waals surface area contributed by atoms with Crippen molar-refractivity contribution in [2.45, 2.75) is 12.7 Å². The first-order valence-electron chi connectivity index (χ1n) is 11.1. The number of fused-ring (bicyclic) bond motifs is 2. The van der Waals surface area contributed by atoms with E-state index in [2.05, 4.69) is 15.3 Å². The fourth-order valence-corrected chi connectivity index (χ4v) is 4.67. The minimum absolute atomic E-state index is 0.00749. The molecule has 6 heteroatoms. The summed E-state index contributed by atoms with van der Waals surface area (Å²) in [7, 11) is 0. The molecule has 2 heterocycles. The van der Waals surface area contributed by atoms with Crippen LogP contribution in [0.15, 0.2) is 97.1 Å². The number of H-pyrrole nitrogens is 1. The zero-order valence-corrected chi connectivity index (χ0v) is 19.0. The van der Waals surface area contributed by atoms with Gasteiger partial charge in [-0.2, -0.15) is 0 Å². The molecule has 2 N–H and O–H groups in total. The average molecular weight is 465 g/mol. The summed E-state index contributed by atoms with van der Waals surface area (Å²) in [5.74, 6) is 0.821. The Morgan fingerprint density at radius 1 is 0.882 bits per heavy atom. The summed E-state index contributed by atoms with van der Waals surface area (Å²) in [5.41, 5.74) is 6.45. The highest BCUT2D eigenvalue weighted by Crippen LogP contribution is 2.36. The smallest absolute Gasteiger partial charge is 0.256 e. The first-order chi connectivity index (χ1) is 16.7. The van der Waals surface area contributed by atoms with Crippen LogP contribution < -0.4 is 5.32 Å². The zero-order valence-electron chi connectivity index (χ0n) is 18.2. The van der Waals surface area contributed by atoms with Gasteiger partial charge in [0.05, 0.1) is 11.0 Å². The van der Waals surface area contributed by atoms with E-state index in [4.69, 9.17) is 11.6 Å². The van der Waals surface area contributed by atoms with Crippen molar-refractivity contribution in [3.05, 3.63) is 119 Å². The molecule has 1 aromatic heterocycles. The van der Waals surface area contributed by atoms with Crippen LogP contribution in [0.4, 0.5) is 5.69 Å². The second kappa shape index (κ2) is 8.36. The number of aromatic nitrogens is 2. The molecule has 34 heavy (non-hydrogen) atoms. The van der Waals surface area contributed by atoms with Crippen LogP contribution in [0.3, 0.4) is 0 Å². The van der Waals surface area contributed by atoms with Crippen molar-refractivity contribution < 1.29 is 4.79 Å². The van der Waals surface area contributed by atoms with Crippen LogP contribution in [0, 0.1) is 0 Å². The van der Waals surface area contributed by atoms with Gasteiger partial charge in [-0.15, -0.1) is 0 Å². The number of hydrogen-bond donors (Lipinski definition) is 2. The highest BCUT2D eigenvalue weighted by molar-refractivity contribution is 6.31. The number of amides is 1. The van der Waals surface area contributed by atoms with Crippen molar-refractivity contribution in [3.8, 4) is 11.4 Å². The van der Waals surface area contributed by atoms with Crippen molar-refractivity contribution in [3.63, 3.8) is 0 Å². The molecule has 0 saturated heterocycles. The maximum Gasteiger partial charge on any atom is 0.256 e. The van der Waals surface area contributed by atoms with Crippen molar-refractivity contribution in [2.24, 2.45) is 0 Å². The maximum absolute atomic E-state index is 13.3. The summed E-state index contributed by atoms with van der Waals surface area (Å²) < 4.78 is 0. The van der Waals surface area contributed by atoms with Gasteiger partial charge in [0.1, 0.15) is 12.0 Å². The Hall–Kier alpha value is -4.09. The van der Waals surface area contributed by atoms with Gasteiger partial charge in [0, 0.05) is 33.9 Å². The second-order valence-corrected chi connectivity index (χ2v) is 8.75. The number of imidazole rings is 1. The molecule has 4 aromatic carbocycles. The van der Waals surface area contributed by atoms with E-state index < -0.39 is 0 Å². The third-order valence-corrected chi connectivity index (χ3v) is 6.58. The second-order valence-electron chi connectivity index (χ2n) is 8.34. The number of nitrogens with zero attached hydrogens (tertiary/aromatic N) is 2. The third kappa shape index (κ3) is 3.60. The van der Waals surface area contributed by atoms with Gasteiger partial charge in [-0.25, -0.2) is 4.98 Å². The molecule has 0 fully saturated rings. The normalized spacial score (nSPS) is 15.0. The summed E-state index contributed by atoms with van der Waals surface area (Å²) in [6.07, 6.45) is -0.294. The maximum atomic E-state index is 13.3. The van der Waals surface area contributed by atoms with Gasteiger partial charge in [-0.05, 0) is 54.1 Å². The Kier molecular flexibility index (Phi) is 5.04. The molecule has 0 aliphatic carbocycles. The Balaban J connectivity index is 1.30. The van der Waals surface area contributed by atoms with Gasteiger partial charge in [-0.3, -0.25) is 4.79 Å². The SMILES string of the molecule is O=C1c2ccccc2C(Nc2ccc(-c3nc4ccccc4[nH]3)cc2)N1Cc1ccccc1Cl. The van der Waals surface area contributed by atoms with Gasteiger partial charge in [0.25, 0.3) is 5.91 Å². The largest absolute Gasteiger partial charge is 0.361 e. The standard InChI is InChI=1S/C28H21ClN4O/c29-23-10-4-1-7-19(23)17-33-27(21-8-2-3-9-22(21)28(33)34)30-20-15-13-18(14-16-20)26-31-24-11-5-6-12-25(24)32-26/h1-16,27,30H,17H2,(H,31,32). The lowest BCUT2D eigenvalue weighted by Gasteiger charge is -2.27. The van der Waals surface area contributed by atoms with E-state index in [1.165, 1.54) is 0 Å². The molecule has 1 unspecified atom stereocenters. The summed E-state index contributed by atoms with van der Waals surface area (Å²) in [6.45, 7) is 0.419. The molecule has 5 aromatic rings. The van der Waals surface area contributed by atoms with Gasteiger partial charge >= 0.3 is 0 Å². The van der Waals surface area contributed by atoms with Crippen molar-refractivity contribution in [1.82, 2.24) is 14.9 Å². The molecule has 0 saturated carbocycles.